The lowest BCUT2D eigenvalue weighted by atomic mass is 10.1. The van der Waals surface area contributed by atoms with Gasteiger partial charge in [-0.2, -0.15) is 0 Å². The number of nitrogens with one attached hydrogen (secondary N) is 2. The van der Waals surface area contributed by atoms with Crippen LogP contribution in [0, 0.1) is 6.92 Å². The Balaban J connectivity index is 2.80. The molecule has 0 aliphatic heterocycles. The average Bonchev–Trinajstić information content (AvgIpc) is 2.30. The van der Waals surface area contributed by atoms with E-state index in [1.165, 1.54) is 12.1 Å². The summed E-state index contributed by atoms with van der Waals surface area (Å²) in [4.78, 5) is 22.1. The molecule has 0 radical (unpaired) electrons. The number of sulfonamides is 1. The van der Waals surface area contributed by atoms with Crippen molar-refractivity contribution in [3.05, 3.63) is 23.8 Å². The van der Waals surface area contributed by atoms with Gasteiger partial charge < -0.3 is 16.2 Å². The molecular weight excluding hydrogens is 298 g/mol. The number of amides is 1. The van der Waals surface area contributed by atoms with E-state index in [1.807, 2.05) is 0 Å². The Kier molecular flexibility index (Phi) is 5.28. The largest absolute Gasteiger partial charge is 0.481 e. The molecule has 1 unspecified atom stereocenters. The Hall–Kier alpha value is -2.13. The minimum absolute atomic E-state index is 0.394. The number of carboxylic acid groups (broad SMARTS) is 1. The summed E-state index contributed by atoms with van der Waals surface area (Å²) >= 11 is 0. The molecule has 0 aromatic heterocycles. The van der Waals surface area contributed by atoms with Crippen molar-refractivity contribution >= 4 is 33.3 Å². The molecule has 8 nitrogen and oxygen atoms in total. The quantitative estimate of drug-likeness (QED) is 0.587. The van der Waals surface area contributed by atoms with Crippen LogP contribution in [0.2, 0.25) is 0 Å². The molecule has 1 amide bonds. The number of carboxylic acids is 1. The van der Waals surface area contributed by atoms with Crippen LogP contribution < -0.4 is 15.8 Å². The molecule has 0 saturated carbocycles. The highest BCUT2D eigenvalue weighted by atomic mass is 32.2. The molecule has 9 heteroatoms. The highest BCUT2D eigenvalue weighted by molar-refractivity contribution is 7.92. The molecule has 1 rings (SSSR count). The van der Waals surface area contributed by atoms with Crippen LogP contribution in [0.1, 0.15) is 12.0 Å². The lowest BCUT2D eigenvalue weighted by Gasteiger charge is -2.13. The van der Waals surface area contributed by atoms with Gasteiger partial charge in [-0.1, -0.05) is 0 Å². The van der Waals surface area contributed by atoms with Crippen molar-refractivity contribution in [3.63, 3.8) is 0 Å². The second kappa shape index (κ2) is 6.55. The highest BCUT2D eigenvalue weighted by Gasteiger charge is 2.17. The number of aliphatic carboxylic acids is 1. The smallest absolute Gasteiger partial charge is 0.305 e. The maximum Gasteiger partial charge on any atom is 0.305 e. The number of carbonyl (C=O) groups excluding carboxylic acids is 1. The molecule has 1 aromatic rings. The maximum atomic E-state index is 11.7. The van der Waals surface area contributed by atoms with Crippen LogP contribution in [0.5, 0.6) is 0 Å². The zero-order valence-corrected chi connectivity index (χ0v) is 12.4. The summed E-state index contributed by atoms with van der Waals surface area (Å²) in [5, 5.41) is 11.0. The standard InChI is InChI=1S/C12H17N3O5S/c1-7-5-8(3-4-10(7)15-21(2,19)20)14-12(18)9(13)6-11(16)17/h3-5,9,15H,6,13H2,1-2H3,(H,14,18)(H,16,17). The van der Waals surface area contributed by atoms with Gasteiger partial charge in [-0.15, -0.1) is 0 Å². The first-order chi connectivity index (χ1) is 9.58. The fraction of sp³-hybridized carbons (Fsp3) is 0.333. The van der Waals surface area contributed by atoms with Crippen LogP contribution >= 0.6 is 0 Å². The van der Waals surface area contributed by atoms with Gasteiger partial charge >= 0.3 is 5.97 Å². The lowest BCUT2D eigenvalue weighted by molar-refractivity contribution is -0.138. The second-order valence-corrected chi connectivity index (χ2v) is 6.35. The van der Waals surface area contributed by atoms with Crippen molar-refractivity contribution in [1.82, 2.24) is 0 Å². The molecule has 0 aliphatic rings. The van der Waals surface area contributed by atoms with Gasteiger partial charge in [0.15, 0.2) is 0 Å². The van der Waals surface area contributed by atoms with Gasteiger partial charge in [0.1, 0.15) is 0 Å². The molecule has 0 bridgehead atoms. The van der Waals surface area contributed by atoms with Gasteiger partial charge in [-0.3, -0.25) is 14.3 Å². The summed E-state index contributed by atoms with van der Waals surface area (Å²) in [7, 11) is -3.39. The lowest BCUT2D eigenvalue weighted by Crippen LogP contribution is -2.37. The van der Waals surface area contributed by atoms with Gasteiger partial charge in [-0.25, -0.2) is 8.42 Å². The van der Waals surface area contributed by atoms with E-state index in [4.69, 9.17) is 10.8 Å². The number of hydrogen-bond donors (Lipinski definition) is 4. The Bertz CT molecular complexity index is 657. The normalized spacial score (nSPS) is 12.5. The Labute approximate surface area is 122 Å². The number of rotatable bonds is 6. The van der Waals surface area contributed by atoms with Crippen LogP contribution in [-0.4, -0.2) is 37.7 Å². The number of hydrogen-bond acceptors (Lipinski definition) is 5. The first-order valence-electron chi connectivity index (χ1n) is 5.95. The van der Waals surface area contributed by atoms with Gasteiger partial charge in [-0.05, 0) is 30.7 Å². The third-order valence-electron chi connectivity index (χ3n) is 2.52. The van der Waals surface area contributed by atoms with Crippen LogP contribution in [0.15, 0.2) is 18.2 Å². The van der Waals surface area contributed by atoms with E-state index in [-0.39, 0.29) is 0 Å². The molecule has 1 atom stereocenters. The second-order valence-electron chi connectivity index (χ2n) is 4.60. The predicted octanol–water partition coefficient (Wildman–Crippen LogP) is 0.107. The van der Waals surface area contributed by atoms with E-state index in [2.05, 4.69) is 10.0 Å². The molecule has 5 N–H and O–H groups in total. The van der Waals surface area contributed by atoms with E-state index in [0.717, 1.165) is 6.26 Å². The predicted molar refractivity (Wildman–Crippen MR) is 78.5 cm³/mol. The number of benzene rings is 1. The monoisotopic (exact) mass is 315 g/mol. The van der Waals surface area contributed by atoms with Crippen molar-refractivity contribution in [2.75, 3.05) is 16.3 Å². The van der Waals surface area contributed by atoms with Crippen molar-refractivity contribution in [2.24, 2.45) is 5.73 Å². The van der Waals surface area contributed by atoms with Crippen molar-refractivity contribution < 1.29 is 23.1 Å². The summed E-state index contributed by atoms with van der Waals surface area (Å²) in [6.45, 7) is 1.67. The first-order valence-corrected chi connectivity index (χ1v) is 7.84. The first kappa shape index (κ1) is 16.9. The van der Waals surface area contributed by atoms with Crippen LogP contribution in [-0.2, 0) is 19.6 Å². The molecule has 0 fully saturated rings. The van der Waals surface area contributed by atoms with Gasteiger partial charge in [0.05, 0.1) is 24.4 Å². The van der Waals surface area contributed by atoms with Crippen LogP contribution in [0.25, 0.3) is 0 Å². The minimum atomic E-state index is -3.39. The van der Waals surface area contributed by atoms with Gasteiger partial charge in [0.25, 0.3) is 0 Å². The van der Waals surface area contributed by atoms with Crippen molar-refractivity contribution in [3.8, 4) is 0 Å². The third kappa shape index (κ3) is 5.79. The molecule has 0 saturated heterocycles. The Morgan fingerprint density at radius 3 is 2.48 bits per heavy atom. The zero-order chi connectivity index (χ0) is 16.2. The number of nitrogens with two attached hydrogens (primary N) is 1. The average molecular weight is 315 g/mol. The third-order valence-corrected chi connectivity index (χ3v) is 3.11. The summed E-state index contributed by atoms with van der Waals surface area (Å²) in [5.41, 5.74) is 6.83. The molecule has 21 heavy (non-hydrogen) atoms. The summed E-state index contributed by atoms with van der Waals surface area (Å²) in [6.07, 6.45) is 0.561. The zero-order valence-electron chi connectivity index (χ0n) is 11.6. The van der Waals surface area contributed by atoms with Crippen LogP contribution in [0.3, 0.4) is 0 Å². The molecule has 116 valence electrons. The van der Waals surface area contributed by atoms with E-state index in [0.29, 0.717) is 16.9 Å². The number of aryl methyl sites for hydroxylation is 1. The molecule has 0 aliphatic carbocycles. The van der Waals surface area contributed by atoms with E-state index in [9.17, 15) is 18.0 Å². The summed E-state index contributed by atoms with van der Waals surface area (Å²) in [6, 6.07) is 3.39. The van der Waals surface area contributed by atoms with Crippen molar-refractivity contribution in [1.29, 1.82) is 0 Å². The number of anilines is 2. The SMILES string of the molecule is Cc1cc(NC(=O)C(N)CC(=O)O)ccc1NS(C)(=O)=O. The van der Waals surface area contributed by atoms with E-state index in [1.54, 1.807) is 13.0 Å². The highest BCUT2D eigenvalue weighted by Crippen LogP contribution is 2.20. The summed E-state index contributed by atoms with van der Waals surface area (Å²) in [5.74, 6) is -1.79. The van der Waals surface area contributed by atoms with Gasteiger partial charge in [0.2, 0.25) is 15.9 Å². The van der Waals surface area contributed by atoms with Crippen LogP contribution in [0.4, 0.5) is 11.4 Å². The fourth-order valence-electron chi connectivity index (χ4n) is 1.57. The van der Waals surface area contributed by atoms with Crippen molar-refractivity contribution in [2.45, 2.75) is 19.4 Å². The van der Waals surface area contributed by atoms with E-state index < -0.39 is 34.4 Å². The Morgan fingerprint density at radius 2 is 2.00 bits per heavy atom. The fourth-order valence-corrected chi connectivity index (χ4v) is 2.20. The van der Waals surface area contributed by atoms with E-state index >= 15 is 0 Å². The molecule has 0 heterocycles. The Morgan fingerprint density at radius 1 is 1.38 bits per heavy atom. The maximum absolute atomic E-state index is 11.7. The van der Waals surface area contributed by atoms with Gasteiger partial charge in [0, 0.05) is 5.69 Å². The molecular formula is C12H17N3O5S. The number of carbonyl (C=O) groups is 2. The summed E-state index contributed by atoms with van der Waals surface area (Å²) < 4.78 is 24.6. The molecule has 1 aromatic carbocycles. The molecule has 0 spiro atoms. The minimum Gasteiger partial charge on any atom is -0.481 e. The topological polar surface area (TPSA) is 139 Å².